The van der Waals surface area contributed by atoms with E-state index in [0.29, 0.717) is 5.92 Å². The van der Waals surface area contributed by atoms with Crippen molar-refractivity contribution in [2.24, 2.45) is 17.8 Å². The molecule has 1 nitrogen and oxygen atoms in total. The van der Waals surface area contributed by atoms with Crippen molar-refractivity contribution in [3.8, 4) is 11.5 Å². The Morgan fingerprint density at radius 2 is 1.33 bits per heavy atom. The van der Waals surface area contributed by atoms with Gasteiger partial charge in [-0.05, 0) is 79.7 Å². The molecule has 2 aromatic rings. The molecule has 0 unspecified atom stereocenters. The number of rotatable bonds is 8. The second kappa shape index (κ2) is 12.0. The van der Waals surface area contributed by atoms with Crippen molar-refractivity contribution in [2.45, 2.75) is 96.1 Å². The number of ether oxygens (including phenoxy) is 1. The summed E-state index contributed by atoms with van der Waals surface area (Å²) in [6, 6.07) is 7.52. The maximum atomic E-state index is 15.3. The van der Waals surface area contributed by atoms with Crippen LogP contribution >= 0.6 is 0 Å². The van der Waals surface area contributed by atoms with Gasteiger partial charge < -0.3 is 4.74 Å². The van der Waals surface area contributed by atoms with Gasteiger partial charge in [0.15, 0.2) is 11.6 Å². The Kier molecular flexibility index (Phi) is 8.95. The summed E-state index contributed by atoms with van der Waals surface area (Å²) in [6.45, 7) is 2.26. The van der Waals surface area contributed by atoms with Gasteiger partial charge in [0.2, 0.25) is 0 Å². The Morgan fingerprint density at radius 1 is 0.806 bits per heavy atom. The molecule has 2 saturated carbocycles. The highest BCUT2D eigenvalue weighted by molar-refractivity contribution is 5.38. The third-order valence-corrected chi connectivity index (χ3v) is 8.33. The molecule has 2 fully saturated rings. The molecule has 0 atom stereocenters. The van der Waals surface area contributed by atoms with E-state index < -0.39 is 23.4 Å². The van der Waals surface area contributed by atoms with E-state index in [0.717, 1.165) is 67.9 Å². The Bertz CT molecular complexity index is 968. The predicted molar refractivity (Wildman–Crippen MR) is 131 cm³/mol. The van der Waals surface area contributed by atoms with Gasteiger partial charge in [0.05, 0.1) is 5.56 Å². The molecule has 2 aliphatic carbocycles. The summed E-state index contributed by atoms with van der Waals surface area (Å²) in [5.74, 6) is 0.453. The van der Waals surface area contributed by atoms with Crippen molar-refractivity contribution >= 4 is 0 Å². The molecule has 2 aromatic carbocycles. The molecule has 197 valence electrons. The number of hydrogen-bond donors (Lipinski definition) is 0. The van der Waals surface area contributed by atoms with Crippen LogP contribution in [0.2, 0.25) is 0 Å². The highest BCUT2D eigenvalue weighted by atomic mass is 19.4. The van der Waals surface area contributed by atoms with E-state index in [1.807, 2.05) is 0 Å². The van der Waals surface area contributed by atoms with E-state index in [1.54, 1.807) is 0 Å². The summed E-state index contributed by atoms with van der Waals surface area (Å²) in [6.07, 6.45) is 9.44. The van der Waals surface area contributed by atoms with Crippen LogP contribution in [0.1, 0.15) is 101 Å². The standard InChI is InChI=1S/C30H36F5O/c1-2-3-20-4-6-21(7-5-20)8-9-22-10-12-23(13-11-22)28-26(31)18-19-27(29(28)32)36-25-16-14-24(15-17-25)30(33,34)35/h14-18,20-23H,2-13H2,1H3/t20-,21-,22?,23?. The summed E-state index contributed by atoms with van der Waals surface area (Å²) in [5.41, 5.74) is -0.802. The smallest absolute Gasteiger partial charge is 0.416 e. The molecule has 0 aliphatic heterocycles. The molecule has 0 spiro atoms. The van der Waals surface area contributed by atoms with Crippen molar-refractivity contribution in [1.29, 1.82) is 0 Å². The second-order valence-electron chi connectivity index (χ2n) is 10.8. The minimum Gasteiger partial charge on any atom is -0.454 e. The number of halogens is 5. The van der Waals surface area contributed by atoms with E-state index in [4.69, 9.17) is 4.74 Å². The van der Waals surface area contributed by atoms with Crippen LogP contribution in [0.15, 0.2) is 30.3 Å². The van der Waals surface area contributed by atoms with Crippen LogP contribution in [0.3, 0.4) is 0 Å². The molecule has 36 heavy (non-hydrogen) atoms. The molecule has 2 aliphatic rings. The first-order valence-corrected chi connectivity index (χ1v) is 13.5. The zero-order valence-corrected chi connectivity index (χ0v) is 21.0. The first-order chi connectivity index (χ1) is 17.2. The van der Waals surface area contributed by atoms with Gasteiger partial charge in [0.1, 0.15) is 11.6 Å². The maximum Gasteiger partial charge on any atom is 0.416 e. The Morgan fingerprint density at radius 3 is 1.86 bits per heavy atom. The molecule has 0 saturated heterocycles. The molecule has 4 rings (SSSR count). The van der Waals surface area contributed by atoms with Gasteiger partial charge in [-0.15, -0.1) is 0 Å². The quantitative estimate of drug-likeness (QED) is 0.323. The van der Waals surface area contributed by atoms with Crippen LogP contribution in [0.4, 0.5) is 22.0 Å². The molecule has 0 N–H and O–H groups in total. The fourth-order valence-electron chi connectivity index (χ4n) is 6.20. The lowest BCUT2D eigenvalue weighted by molar-refractivity contribution is -0.137. The molecular weight excluding hydrogens is 471 g/mol. The monoisotopic (exact) mass is 507 g/mol. The van der Waals surface area contributed by atoms with E-state index >= 15 is 4.39 Å². The highest BCUT2D eigenvalue weighted by Gasteiger charge is 2.31. The fraction of sp³-hybridized carbons (Fsp3) is 0.600. The van der Waals surface area contributed by atoms with Gasteiger partial charge in [-0.1, -0.05) is 58.3 Å². The number of benzene rings is 2. The summed E-state index contributed by atoms with van der Waals surface area (Å²) >= 11 is 0. The lowest BCUT2D eigenvalue weighted by Crippen LogP contribution is -2.18. The molecule has 1 radical (unpaired) electrons. The van der Waals surface area contributed by atoms with E-state index in [2.05, 4.69) is 13.0 Å². The first-order valence-electron chi connectivity index (χ1n) is 13.5. The van der Waals surface area contributed by atoms with Gasteiger partial charge in [0, 0.05) is 11.6 Å². The minimum absolute atomic E-state index is 0.0170. The van der Waals surface area contributed by atoms with E-state index in [-0.39, 0.29) is 23.0 Å². The SMILES string of the molecule is CCC[C@H]1CC[C@H](CCC2CCC(c3c(F)c[c]c(Oc4ccc(C(F)(F)F)cc4)c3F)CC2)CC1. The van der Waals surface area contributed by atoms with Crippen molar-refractivity contribution in [3.05, 3.63) is 59.2 Å². The normalized spacial score (nSPS) is 25.1. The van der Waals surface area contributed by atoms with Crippen LogP contribution in [-0.4, -0.2) is 0 Å². The van der Waals surface area contributed by atoms with Gasteiger partial charge >= 0.3 is 6.18 Å². The van der Waals surface area contributed by atoms with Crippen molar-refractivity contribution in [3.63, 3.8) is 0 Å². The molecule has 6 heteroatoms. The predicted octanol–water partition coefficient (Wildman–Crippen LogP) is 10.2. The molecule has 0 heterocycles. The largest absolute Gasteiger partial charge is 0.454 e. The third kappa shape index (κ3) is 6.80. The average Bonchev–Trinajstić information content (AvgIpc) is 2.86. The van der Waals surface area contributed by atoms with E-state index in [9.17, 15) is 17.6 Å². The lowest BCUT2D eigenvalue weighted by atomic mass is 9.74. The first kappa shape index (κ1) is 26.9. The molecule has 0 aromatic heterocycles. The average molecular weight is 508 g/mol. The highest BCUT2D eigenvalue weighted by Crippen LogP contribution is 2.43. The Balaban J connectivity index is 1.31. The van der Waals surface area contributed by atoms with Crippen LogP contribution in [0.25, 0.3) is 0 Å². The maximum absolute atomic E-state index is 15.3. The van der Waals surface area contributed by atoms with Gasteiger partial charge in [-0.3, -0.25) is 0 Å². The zero-order chi connectivity index (χ0) is 25.7. The third-order valence-electron chi connectivity index (χ3n) is 8.33. The minimum atomic E-state index is -4.47. The Labute approximate surface area is 211 Å². The Hall–Kier alpha value is -2.11. The fourth-order valence-corrected chi connectivity index (χ4v) is 6.20. The zero-order valence-electron chi connectivity index (χ0n) is 21.0. The number of hydrogen-bond acceptors (Lipinski definition) is 1. The van der Waals surface area contributed by atoms with Crippen LogP contribution in [0.5, 0.6) is 11.5 Å². The summed E-state index contributed by atoms with van der Waals surface area (Å²) in [5, 5.41) is 0. The second-order valence-corrected chi connectivity index (χ2v) is 10.8. The van der Waals surface area contributed by atoms with Gasteiger partial charge in [0.25, 0.3) is 0 Å². The topological polar surface area (TPSA) is 9.23 Å². The summed E-state index contributed by atoms with van der Waals surface area (Å²) < 4.78 is 73.7. The molecular formula is C30H36F5O. The van der Waals surface area contributed by atoms with Crippen molar-refractivity contribution < 1.29 is 26.7 Å². The van der Waals surface area contributed by atoms with Gasteiger partial charge in [-0.25, -0.2) is 8.78 Å². The van der Waals surface area contributed by atoms with Crippen molar-refractivity contribution in [2.75, 3.05) is 0 Å². The van der Waals surface area contributed by atoms with Crippen LogP contribution < -0.4 is 4.74 Å². The van der Waals surface area contributed by atoms with E-state index in [1.165, 1.54) is 51.4 Å². The lowest BCUT2D eigenvalue weighted by Gasteiger charge is -2.32. The van der Waals surface area contributed by atoms with Gasteiger partial charge in [-0.2, -0.15) is 13.2 Å². The summed E-state index contributed by atoms with van der Waals surface area (Å²) in [7, 11) is 0. The van der Waals surface area contributed by atoms with Crippen molar-refractivity contribution in [1.82, 2.24) is 0 Å². The van der Waals surface area contributed by atoms with Crippen LogP contribution in [0, 0.1) is 35.5 Å². The summed E-state index contributed by atoms with van der Waals surface area (Å²) in [4.78, 5) is 0. The molecule has 0 bridgehead atoms. The number of alkyl halides is 3. The van der Waals surface area contributed by atoms with Crippen LogP contribution in [-0.2, 0) is 6.18 Å². The molecule has 0 amide bonds.